The van der Waals surface area contributed by atoms with Crippen molar-refractivity contribution in [2.45, 2.75) is 6.92 Å². The number of fused-ring (bicyclic) bond motifs is 1. The number of ether oxygens (including phenoxy) is 1. The second-order valence-electron chi connectivity index (χ2n) is 6.45. The van der Waals surface area contributed by atoms with Gasteiger partial charge in [0.15, 0.2) is 0 Å². The lowest BCUT2D eigenvalue weighted by molar-refractivity contribution is -0.136. The van der Waals surface area contributed by atoms with Crippen LogP contribution in [0.4, 0.5) is 5.69 Å². The predicted octanol–water partition coefficient (Wildman–Crippen LogP) is 5.61. The highest BCUT2D eigenvalue weighted by molar-refractivity contribution is 6.19. The van der Waals surface area contributed by atoms with E-state index in [2.05, 4.69) is 23.1 Å². The molecule has 28 heavy (non-hydrogen) atoms. The normalized spacial score (nSPS) is 13.1. The standard InChI is InChI=1S/C25H21NO2/c1-2-28-25(27)23-18-26(21-14-7-4-8-15-21)24(19-11-5-3-6-12-19)17-20-13-9-10-16-22(20)23/h3-18H,2H2,1H3. The molecule has 0 bridgehead atoms. The summed E-state index contributed by atoms with van der Waals surface area (Å²) in [5.41, 5.74) is 5.45. The van der Waals surface area contributed by atoms with Gasteiger partial charge < -0.3 is 9.64 Å². The third-order valence-electron chi connectivity index (χ3n) is 4.66. The van der Waals surface area contributed by atoms with Crippen molar-refractivity contribution in [2.75, 3.05) is 11.5 Å². The number of carbonyl (C=O) groups is 1. The van der Waals surface area contributed by atoms with Crippen molar-refractivity contribution in [1.82, 2.24) is 0 Å². The monoisotopic (exact) mass is 367 g/mol. The molecule has 3 aromatic rings. The molecule has 3 aromatic carbocycles. The van der Waals surface area contributed by atoms with E-state index in [0.717, 1.165) is 28.1 Å². The maximum Gasteiger partial charge on any atom is 0.340 e. The van der Waals surface area contributed by atoms with Gasteiger partial charge in [-0.15, -0.1) is 0 Å². The molecule has 3 nitrogen and oxygen atoms in total. The van der Waals surface area contributed by atoms with Crippen molar-refractivity contribution in [2.24, 2.45) is 0 Å². The van der Waals surface area contributed by atoms with E-state index < -0.39 is 0 Å². The molecule has 0 aliphatic carbocycles. The molecule has 0 N–H and O–H groups in total. The Bertz CT molecular complexity index is 1040. The quantitative estimate of drug-likeness (QED) is 0.562. The number of hydrogen-bond donors (Lipinski definition) is 0. The highest BCUT2D eigenvalue weighted by atomic mass is 16.5. The van der Waals surface area contributed by atoms with Gasteiger partial charge >= 0.3 is 5.97 Å². The van der Waals surface area contributed by atoms with Crippen molar-refractivity contribution < 1.29 is 9.53 Å². The van der Waals surface area contributed by atoms with Crippen molar-refractivity contribution in [3.63, 3.8) is 0 Å². The molecule has 1 aliphatic rings. The highest BCUT2D eigenvalue weighted by Gasteiger charge is 2.23. The van der Waals surface area contributed by atoms with Crippen molar-refractivity contribution in [3.8, 4) is 0 Å². The van der Waals surface area contributed by atoms with E-state index >= 15 is 0 Å². The predicted molar refractivity (Wildman–Crippen MR) is 114 cm³/mol. The Balaban J connectivity index is 1.97. The number of carbonyl (C=O) groups excluding carboxylic acids is 1. The maximum absolute atomic E-state index is 12.8. The van der Waals surface area contributed by atoms with Crippen LogP contribution >= 0.6 is 0 Å². The van der Waals surface area contributed by atoms with Crippen LogP contribution < -0.4 is 4.90 Å². The third kappa shape index (κ3) is 3.47. The van der Waals surface area contributed by atoms with E-state index in [4.69, 9.17) is 4.74 Å². The van der Waals surface area contributed by atoms with E-state index in [1.54, 1.807) is 0 Å². The van der Waals surface area contributed by atoms with Gasteiger partial charge in [-0.25, -0.2) is 4.79 Å². The average Bonchev–Trinajstić information content (AvgIpc) is 2.92. The van der Waals surface area contributed by atoms with Crippen LogP contribution in [0.5, 0.6) is 0 Å². The Morgan fingerprint density at radius 3 is 2.21 bits per heavy atom. The molecule has 0 aromatic heterocycles. The fourth-order valence-corrected chi connectivity index (χ4v) is 3.36. The first-order chi connectivity index (χ1) is 13.8. The first-order valence-electron chi connectivity index (χ1n) is 9.37. The van der Waals surface area contributed by atoms with Gasteiger partial charge in [-0.1, -0.05) is 72.8 Å². The number of benzene rings is 3. The summed E-state index contributed by atoms with van der Waals surface area (Å²) in [7, 11) is 0. The molecule has 0 fully saturated rings. The summed E-state index contributed by atoms with van der Waals surface area (Å²) in [5.74, 6) is -0.321. The Hall–Kier alpha value is -3.59. The summed E-state index contributed by atoms with van der Waals surface area (Å²) >= 11 is 0. The smallest absolute Gasteiger partial charge is 0.340 e. The zero-order valence-corrected chi connectivity index (χ0v) is 15.7. The van der Waals surface area contributed by atoms with E-state index in [0.29, 0.717) is 12.2 Å². The summed E-state index contributed by atoms with van der Waals surface area (Å²) in [6.07, 6.45) is 4.01. The Morgan fingerprint density at radius 2 is 1.50 bits per heavy atom. The molecule has 138 valence electrons. The molecule has 0 radical (unpaired) electrons. The number of esters is 1. The molecule has 4 rings (SSSR count). The zero-order valence-electron chi connectivity index (χ0n) is 15.7. The van der Waals surface area contributed by atoms with Gasteiger partial charge in [-0.2, -0.15) is 0 Å². The third-order valence-corrected chi connectivity index (χ3v) is 4.66. The molecular weight excluding hydrogens is 346 g/mol. The summed E-state index contributed by atoms with van der Waals surface area (Å²) < 4.78 is 5.36. The summed E-state index contributed by atoms with van der Waals surface area (Å²) in [4.78, 5) is 14.9. The van der Waals surface area contributed by atoms with Gasteiger partial charge in [0, 0.05) is 11.9 Å². The number of anilines is 1. The van der Waals surface area contributed by atoms with Gasteiger partial charge in [0.25, 0.3) is 0 Å². The van der Waals surface area contributed by atoms with Crippen LogP contribution in [-0.4, -0.2) is 12.6 Å². The number of hydrogen-bond acceptors (Lipinski definition) is 3. The van der Waals surface area contributed by atoms with Crippen molar-refractivity contribution in [1.29, 1.82) is 0 Å². The van der Waals surface area contributed by atoms with Crippen LogP contribution in [0, 0.1) is 0 Å². The minimum Gasteiger partial charge on any atom is -0.462 e. The largest absolute Gasteiger partial charge is 0.462 e. The first-order valence-corrected chi connectivity index (χ1v) is 9.37. The zero-order chi connectivity index (χ0) is 19.3. The van der Waals surface area contributed by atoms with E-state index in [1.807, 2.05) is 85.9 Å². The topological polar surface area (TPSA) is 29.5 Å². The molecule has 3 heteroatoms. The molecule has 0 spiro atoms. The second kappa shape index (κ2) is 7.97. The Labute approximate surface area is 165 Å². The van der Waals surface area contributed by atoms with Crippen LogP contribution in [0.3, 0.4) is 0 Å². The van der Waals surface area contributed by atoms with E-state index in [-0.39, 0.29) is 5.97 Å². The van der Waals surface area contributed by atoms with Gasteiger partial charge in [0.1, 0.15) is 0 Å². The van der Waals surface area contributed by atoms with Crippen LogP contribution in [0.15, 0.2) is 91.1 Å². The van der Waals surface area contributed by atoms with Crippen LogP contribution in [0.1, 0.15) is 23.6 Å². The Morgan fingerprint density at radius 1 is 0.857 bits per heavy atom. The molecule has 0 saturated carbocycles. The maximum atomic E-state index is 12.8. The lowest BCUT2D eigenvalue weighted by Crippen LogP contribution is -2.16. The average molecular weight is 367 g/mol. The minimum atomic E-state index is -0.321. The van der Waals surface area contributed by atoms with Crippen LogP contribution in [0.2, 0.25) is 0 Å². The molecule has 0 amide bonds. The van der Waals surface area contributed by atoms with Crippen molar-refractivity contribution >= 4 is 29.0 Å². The molecular formula is C25H21NO2. The summed E-state index contributed by atoms with van der Waals surface area (Å²) in [5, 5.41) is 0. The minimum absolute atomic E-state index is 0.321. The molecule has 0 atom stereocenters. The van der Waals surface area contributed by atoms with E-state index in [1.165, 1.54) is 0 Å². The van der Waals surface area contributed by atoms with Gasteiger partial charge in [0.2, 0.25) is 0 Å². The lowest BCUT2D eigenvalue weighted by Gasteiger charge is -2.24. The van der Waals surface area contributed by atoms with E-state index in [9.17, 15) is 4.79 Å². The fraction of sp³-hybridized carbons (Fsp3) is 0.0800. The summed E-state index contributed by atoms with van der Waals surface area (Å²) in [6, 6.07) is 28.2. The Kier molecular flexibility index (Phi) is 5.07. The first kappa shape index (κ1) is 17.8. The summed E-state index contributed by atoms with van der Waals surface area (Å²) in [6.45, 7) is 2.16. The van der Waals surface area contributed by atoms with Gasteiger partial charge in [0.05, 0.1) is 17.9 Å². The molecule has 0 saturated heterocycles. The molecule has 1 heterocycles. The lowest BCUT2D eigenvalue weighted by atomic mass is 10.00. The highest BCUT2D eigenvalue weighted by Crippen LogP contribution is 2.35. The second-order valence-corrected chi connectivity index (χ2v) is 6.45. The SMILES string of the molecule is CCOC(=O)C1=CN(c2ccccc2)C(c2ccccc2)=Cc2ccccc21. The number of rotatable bonds is 4. The number of para-hydroxylation sites is 1. The molecule has 1 aliphatic heterocycles. The van der Waals surface area contributed by atoms with Crippen LogP contribution in [0.25, 0.3) is 17.3 Å². The molecule has 0 unspecified atom stereocenters. The van der Waals surface area contributed by atoms with Gasteiger partial charge in [-0.3, -0.25) is 0 Å². The fourth-order valence-electron chi connectivity index (χ4n) is 3.36. The van der Waals surface area contributed by atoms with Gasteiger partial charge in [-0.05, 0) is 41.8 Å². The van der Waals surface area contributed by atoms with Crippen molar-refractivity contribution in [3.05, 3.63) is 108 Å². The van der Waals surface area contributed by atoms with Crippen LogP contribution in [-0.2, 0) is 9.53 Å². The number of nitrogens with zero attached hydrogens (tertiary/aromatic N) is 1.